The van der Waals surface area contributed by atoms with Crippen molar-refractivity contribution >= 4 is 22.5 Å². The molecule has 1 amide bonds. The Balaban J connectivity index is 1.48. The van der Waals surface area contributed by atoms with Gasteiger partial charge in [0, 0.05) is 56.1 Å². The zero-order valence-corrected chi connectivity index (χ0v) is 16.4. The number of amides is 1. The largest absolute Gasteiger partial charge is 0.307 e. The molecule has 0 aliphatic carbocycles. The van der Waals surface area contributed by atoms with Crippen molar-refractivity contribution in [1.82, 2.24) is 19.8 Å². The fourth-order valence-corrected chi connectivity index (χ4v) is 3.43. The summed E-state index contributed by atoms with van der Waals surface area (Å²) in [6.07, 6.45) is 3.53. The molecule has 0 bridgehead atoms. The lowest BCUT2D eigenvalue weighted by atomic mass is 10.1. The minimum atomic E-state index is -0.152. The molecule has 0 radical (unpaired) electrons. The maximum Gasteiger partial charge on any atom is 0.256 e. The summed E-state index contributed by atoms with van der Waals surface area (Å²) in [5, 5.41) is 4.95. The standard InChI is InChI=1S/C22H25N5O/c1-16-3-6-21(24-20(16)15-27-11-9-26(2)10-12-27)25-22(28)18-4-5-19-14-23-8-7-17(19)13-18/h3-8,13-14H,9-12,15H2,1-2H3,(H,24,25,28). The van der Waals surface area contributed by atoms with E-state index >= 15 is 0 Å². The highest BCUT2D eigenvalue weighted by atomic mass is 16.1. The highest BCUT2D eigenvalue weighted by molar-refractivity contribution is 6.05. The Morgan fingerprint density at radius 2 is 1.89 bits per heavy atom. The second-order valence-electron chi connectivity index (χ2n) is 7.43. The van der Waals surface area contributed by atoms with E-state index in [4.69, 9.17) is 4.98 Å². The van der Waals surface area contributed by atoms with Gasteiger partial charge in [-0.05, 0) is 49.2 Å². The molecule has 1 aliphatic rings. The highest BCUT2D eigenvalue weighted by Crippen LogP contribution is 2.17. The third-order valence-electron chi connectivity index (χ3n) is 5.32. The van der Waals surface area contributed by atoms with Gasteiger partial charge >= 0.3 is 0 Å². The molecule has 3 heterocycles. The van der Waals surface area contributed by atoms with Crippen LogP contribution in [0.15, 0.2) is 48.8 Å². The number of aromatic nitrogens is 2. The Morgan fingerprint density at radius 1 is 1.07 bits per heavy atom. The number of pyridine rings is 2. The van der Waals surface area contributed by atoms with Gasteiger partial charge in [0.25, 0.3) is 5.91 Å². The number of carbonyl (C=O) groups excluding carboxylic acids is 1. The zero-order chi connectivity index (χ0) is 19.5. The Kier molecular flexibility index (Phi) is 5.32. The summed E-state index contributed by atoms with van der Waals surface area (Å²) < 4.78 is 0. The van der Waals surface area contributed by atoms with E-state index in [1.807, 2.05) is 36.4 Å². The summed E-state index contributed by atoms with van der Waals surface area (Å²) in [6, 6.07) is 11.4. The van der Waals surface area contributed by atoms with Crippen molar-refractivity contribution < 1.29 is 4.79 Å². The Morgan fingerprint density at radius 3 is 2.71 bits per heavy atom. The van der Waals surface area contributed by atoms with E-state index in [0.29, 0.717) is 11.4 Å². The minimum Gasteiger partial charge on any atom is -0.307 e. The molecule has 1 fully saturated rings. The van der Waals surface area contributed by atoms with Gasteiger partial charge in [0.05, 0.1) is 5.69 Å². The first-order valence-corrected chi connectivity index (χ1v) is 9.61. The van der Waals surface area contributed by atoms with Gasteiger partial charge in [0.1, 0.15) is 5.82 Å². The number of anilines is 1. The van der Waals surface area contributed by atoms with Crippen molar-refractivity contribution in [2.45, 2.75) is 13.5 Å². The molecule has 1 saturated heterocycles. The van der Waals surface area contributed by atoms with Crippen LogP contribution in [-0.2, 0) is 6.54 Å². The minimum absolute atomic E-state index is 0.152. The molecule has 1 aliphatic heterocycles. The van der Waals surface area contributed by atoms with Crippen LogP contribution >= 0.6 is 0 Å². The maximum atomic E-state index is 12.7. The fraction of sp³-hybridized carbons (Fsp3) is 0.318. The molecule has 0 atom stereocenters. The first-order chi connectivity index (χ1) is 13.6. The molecule has 3 aromatic rings. The van der Waals surface area contributed by atoms with Crippen LogP contribution in [0.4, 0.5) is 5.82 Å². The second kappa shape index (κ2) is 8.04. The first kappa shape index (κ1) is 18.5. The number of hydrogen-bond acceptors (Lipinski definition) is 5. The fourth-order valence-electron chi connectivity index (χ4n) is 3.43. The lowest BCUT2D eigenvalue weighted by molar-refractivity contribution is 0.102. The number of rotatable bonds is 4. The van der Waals surface area contributed by atoms with Crippen LogP contribution in [0.25, 0.3) is 10.8 Å². The molecule has 1 N–H and O–H groups in total. The Bertz CT molecular complexity index is 995. The molecule has 6 nitrogen and oxygen atoms in total. The molecule has 0 spiro atoms. The number of benzene rings is 1. The number of carbonyl (C=O) groups is 1. The van der Waals surface area contributed by atoms with Crippen LogP contribution < -0.4 is 5.32 Å². The summed E-state index contributed by atoms with van der Waals surface area (Å²) in [4.78, 5) is 26.3. The SMILES string of the molecule is Cc1ccc(NC(=O)c2ccc3cnccc3c2)nc1CN1CCN(C)CC1. The number of nitrogens with zero attached hydrogens (tertiary/aromatic N) is 4. The number of aryl methyl sites for hydroxylation is 1. The predicted octanol–water partition coefficient (Wildman–Crippen LogP) is 2.94. The average molecular weight is 375 g/mol. The van der Waals surface area contributed by atoms with E-state index in [1.54, 1.807) is 12.4 Å². The van der Waals surface area contributed by atoms with Gasteiger partial charge in [-0.3, -0.25) is 14.7 Å². The summed E-state index contributed by atoms with van der Waals surface area (Å²) in [5.74, 6) is 0.440. The third kappa shape index (κ3) is 4.18. The summed E-state index contributed by atoms with van der Waals surface area (Å²) in [5.41, 5.74) is 2.78. The zero-order valence-electron chi connectivity index (χ0n) is 16.4. The van der Waals surface area contributed by atoms with E-state index in [1.165, 1.54) is 0 Å². The lowest BCUT2D eigenvalue weighted by Crippen LogP contribution is -2.44. The van der Waals surface area contributed by atoms with E-state index in [2.05, 4.69) is 34.1 Å². The van der Waals surface area contributed by atoms with Crippen LogP contribution in [0.3, 0.4) is 0 Å². The van der Waals surface area contributed by atoms with Crippen LogP contribution in [0, 0.1) is 6.92 Å². The van der Waals surface area contributed by atoms with Gasteiger partial charge in [-0.25, -0.2) is 4.98 Å². The maximum absolute atomic E-state index is 12.7. The van der Waals surface area contributed by atoms with Crippen LogP contribution in [0.1, 0.15) is 21.6 Å². The van der Waals surface area contributed by atoms with Crippen molar-refractivity contribution in [3.8, 4) is 0 Å². The number of likely N-dealkylation sites (N-methyl/N-ethyl adjacent to an activating group) is 1. The summed E-state index contributed by atoms with van der Waals surface area (Å²) >= 11 is 0. The van der Waals surface area contributed by atoms with Gasteiger partial charge in [0.2, 0.25) is 0 Å². The summed E-state index contributed by atoms with van der Waals surface area (Å²) in [6.45, 7) is 7.12. The van der Waals surface area contributed by atoms with Gasteiger partial charge in [0.15, 0.2) is 0 Å². The van der Waals surface area contributed by atoms with Crippen molar-refractivity contribution in [3.63, 3.8) is 0 Å². The molecular formula is C22H25N5O. The van der Waals surface area contributed by atoms with Gasteiger partial charge < -0.3 is 10.2 Å². The summed E-state index contributed by atoms with van der Waals surface area (Å²) in [7, 11) is 2.15. The normalized spacial score (nSPS) is 15.6. The van der Waals surface area contributed by atoms with Crippen LogP contribution in [-0.4, -0.2) is 58.9 Å². The molecule has 144 valence electrons. The molecule has 1 aromatic carbocycles. The number of fused-ring (bicyclic) bond motifs is 1. The van der Waals surface area contributed by atoms with E-state index in [9.17, 15) is 4.79 Å². The van der Waals surface area contributed by atoms with Gasteiger partial charge in [-0.2, -0.15) is 0 Å². The highest BCUT2D eigenvalue weighted by Gasteiger charge is 2.16. The van der Waals surface area contributed by atoms with E-state index in [0.717, 1.165) is 54.8 Å². The van der Waals surface area contributed by atoms with Crippen molar-refractivity contribution in [2.75, 3.05) is 38.5 Å². The smallest absolute Gasteiger partial charge is 0.256 e. The van der Waals surface area contributed by atoms with Crippen LogP contribution in [0.5, 0.6) is 0 Å². The monoisotopic (exact) mass is 375 g/mol. The van der Waals surface area contributed by atoms with E-state index in [-0.39, 0.29) is 5.91 Å². The van der Waals surface area contributed by atoms with Crippen molar-refractivity contribution in [3.05, 3.63) is 65.6 Å². The number of piperazine rings is 1. The lowest BCUT2D eigenvalue weighted by Gasteiger charge is -2.32. The average Bonchev–Trinajstić information content (AvgIpc) is 2.71. The van der Waals surface area contributed by atoms with Crippen molar-refractivity contribution in [1.29, 1.82) is 0 Å². The Hall–Kier alpha value is -2.83. The third-order valence-corrected chi connectivity index (χ3v) is 5.32. The first-order valence-electron chi connectivity index (χ1n) is 9.61. The molecule has 2 aromatic heterocycles. The van der Waals surface area contributed by atoms with E-state index < -0.39 is 0 Å². The van der Waals surface area contributed by atoms with Gasteiger partial charge in [-0.15, -0.1) is 0 Å². The molecular weight excluding hydrogens is 350 g/mol. The number of hydrogen-bond donors (Lipinski definition) is 1. The van der Waals surface area contributed by atoms with Crippen molar-refractivity contribution in [2.24, 2.45) is 0 Å². The molecule has 6 heteroatoms. The van der Waals surface area contributed by atoms with Gasteiger partial charge in [-0.1, -0.05) is 12.1 Å². The topological polar surface area (TPSA) is 61.4 Å². The predicted molar refractivity (Wildman–Crippen MR) is 111 cm³/mol. The quantitative estimate of drug-likeness (QED) is 0.760. The molecule has 4 rings (SSSR count). The second-order valence-corrected chi connectivity index (χ2v) is 7.43. The molecule has 0 saturated carbocycles. The molecule has 0 unspecified atom stereocenters. The number of nitrogens with one attached hydrogen (secondary N) is 1. The Labute approximate surface area is 165 Å². The van der Waals surface area contributed by atoms with Crippen LogP contribution in [0.2, 0.25) is 0 Å². The molecule has 28 heavy (non-hydrogen) atoms.